The quantitative estimate of drug-likeness (QED) is 0.712. The third kappa shape index (κ3) is 4.44. The first-order valence-electron chi connectivity index (χ1n) is 9.16. The van der Waals surface area contributed by atoms with Crippen molar-refractivity contribution in [3.8, 4) is 11.5 Å². The molecule has 2 heterocycles. The highest BCUT2D eigenvalue weighted by atomic mass is 79.9. The average molecular weight is 459 g/mol. The Hall–Kier alpha value is -2.84. The molecule has 0 aliphatic carbocycles. The fourth-order valence-electron chi connectivity index (χ4n) is 3.09. The van der Waals surface area contributed by atoms with E-state index in [2.05, 4.69) is 21.2 Å². The number of halogens is 1. The van der Waals surface area contributed by atoms with Gasteiger partial charge in [-0.3, -0.25) is 9.59 Å². The number of hydrogen-bond acceptors (Lipinski definition) is 5. The van der Waals surface area contributed by atoms with Crippen molar-refractivity contribution in [3.05, 3.63) is 63.8 Å². The van der Waals surface area contributed by atoms with Gasteiger partial charge in [0, 0.05) is 17.6 Å². The number of hydrogen-bond donors (Lipinski definition) is 1. The summed E-state index contributed by atoms with van der Waals surface area (Å²) < 4.78 is 16.7. The molecule has 2 aromatic carbocycles. The molecule has 1 N–H and O–H groups in total. The number of nitrogens with zero attached hydrogens (tertiary/aromatic N) is 1. The van der Waals surface area contributed by atoms with Crippen LogP contribution in [0.15, 0.2) is 52.6 Å². The molecule has 0 spiro atoms. The molecule has 0 atom stereocenters. The molecule has 7 nitrogen and oxygen atoms in total. The monoisotopic (exact) mass is 458 g/mol. The second-order valence-corrected chi connectivity index (χ2v) is 7.36. The second-order valence-electron chi connectivity index (χ2n) is 6.51. The van der Waals surface area contributed by atoms with E-state index < -0.39 is 0 Å². The molecule has 8 heteroatoms. The smallest absolute Gasteiger partial charge is 0.270 e. The van der Waals surface area contributed by atoms with Crippen molar-refractivity contribution in [2.75, 3.05) is 33.1 Å². The van der Waals surface area contributed by atoms with Crippen LogP contribution in [0.3, 0.4) is 0 Å². The van der Waals surface area contributed by atoms with Crippen molar-refractivity contribution in [1.29, 1.82) is 0 Å². The molecule has 1 saturated heterocycles. The van der Waals surface area contributed by atoms with Crippen LogP contribution in [0.2, 0.25) is 0 Å². The summed E-state index contributed by atoms with van der Waals surface area (Å²) in [6.45, 7) is 2.06. The normalized spacial score (nSPS) is 15.9. The van der Waals surface area contributed by atoms with E-state index in [1.54, 1.807) is 41.3 Å². The van der Waals surface area contributed by atoms with Crippen LogP contribution in [0.1, 0.15) is 15.9 Å². The number of benzene rings is 2. The standard InChI is InChI=1S/C21H19BrN2O5/c22-16-4-2-1-3-15(16)20(25)23-17(21(26)24-7-9-27-10-8-24)11-14-5-6-18-19(12-14)29-13-28-18/h1-6,11-12H,7-10,13H2,(H,23,25). The molecule has 150 valence electrons. The van der Waals surface area contributed by atoms with Gasteiger partial charge in [0.15, 0.2) is 11.5 Å². The third-order valence-electron chi connectivity index (χ3n) is 4.60. The van der Waals surface area contributed by atoms with Crippen LogP contribution in [0.5, 0.6) is 11.5 Å². The van der Waals surface area contributed by atoms with Gasteiger partial charge in [0.25, 0.3) is 11.8 Å². The first kappa shape index (κ1) is 19.5. The van der Waals surface area contributed by atoms with E-state index in [4.69, 9.17) is 14.2 Å². The first-order chi connectivity index (χ1) is 14.1. The summed E-state index contributed by atoms with van der Waals surface area (Å²) in [4.78, 5) is 27.6. The molecule has 4 rings (SSSR count). The Bertz CT molecular complexity index is 969. The lowest BCUT2D eigenvalue weighted by molar-refractivity contribution is -0.131. The number of nitrogens with one attached hydrogen (secondary N) is 1. The van der Waals surface area contributed by atoms with Crippen LogP contribution >= 0.6 is 15.9 Å². The van der Waals surface area contributed by atoms with Gasteiger partial charge in [0.05, 0.1) is 18.8 Å². The summed E-state index contributed by atoms with van der Waals surface area (Å²) >= 11 is 3.38. The van der Waals surface area contributed by atoms with E-state index in [1.165, 1.54) is 0 Å². The maximum atomic E-state index is 13.1. The molecule has 0 unspecified atom stereocenters. The Labute approximate surface area is 176 Å². The molecule has 2 amide bonds. The van der Waals surface area contributed by atoms with Gasteiger partial charge < -0.3 is 24.4 Å². The Morgan fingerprint density at radius 3 is 2.59 bits per heavy atom. The summed E-state index contributed by atoms with van der Waals surface area (Å²) in [5.74, 6) is 0.631. The minimum atomic E-state index is -0.369. The van der Waals surface area contributed by atoms with Gasteiger partial charge >= 0.3 is 0 Å². The summed E-state index contributed by atoms with van der Waals surface area (Å²) in [7, 11) is 0. The van der Waals surface area contributed by atoms with Crippen molar-refractivity contribution in [2.45, 2.75) is 0 Å². The second kappa shape index (κ2) is 8.67. The van der Waals surface area contributed by atoms with Crippen LogP contribution in [-0.4, -0.2) is 49.8 Å². The Morgan fingerprint density at radius 1 is 1.03 bits per heavy atom. The van der Waals surface area contributed by atoms with Gasteiger partial charge in [-0.05, 0) is 51.8 Å². The molecular weight excluding hydrogens is 440 g/mol. The SMILES string of the molecule is O=C(NC(=Cc1ccc2c(c1)OCO2)C(=O)N1CCOCC1)c1ccccc1Br. The lowest BCUT2D eigenvalue weighted by Gasteiger charge is -2.28. The lowest BCUT2D eigenvalue weighted by Crippen LogP contribution is -2.44. The zero-order chi connectivity index (χ0) is 20.2. The van der Waals surface area contributed by atoms with Crippen LogP contribution in [0, 0.1) is 0 Å². The van der Waals surface area contributed by atoms with Crippen LogP contribution in [-0.2, 0) is 9.53 Å². The predicted octanol–water partition coefficient (Wildman–Crippen LogP) is 2.81. The van der Waals surface area contributed by atoms with Crippen molar-refractivity contribution in [2.24, 2.45) is 0 Å². The van der Waals surface area contributed by atoms with Crippen molar-refractivity contribution >= 4 is 33.8 Å². The molecule has 0 aromatic heterocycles. The van der Waals surface area contributed by atoms with Gasteiger partial charge in [0.2, 0.25) is 6.79 Å². The van der Waals surface area contributed by atoms with Gasteiger partial charge in [-0.25, -0.2) is 0 Å². The number of carbonyl (C=O) groups excluding carboxylic acids is 2. The number of rotatable bonds is 4. The Morgan fingerprint density at radius 2 is 1.79 bits per heavy atom. The Kier molecular flexibility index (Phi) is 5.82. The van der Waals surface area contributed by atoms with Crippen molar-refractivity contribution in [3.63, 3.8) is 0 Å². The molecule has 0 bridgehead atoms. The molecular formula is C21H19BrN2O5. The molecule has 0 radical (unpaired) electrons. The number of fused-ring (bicyclic) bond motifs is 1. The van der Waals surface area contributed by atoms with Gasteiger partial charge in [-0.2, -0.15) is 0 Å². The molecule has 2 aliphatic heterocycles. The third-order valence-corrected chi connectivity index (χ3v) is 5.29. The molecule has 2 aromatic rings. The van der Waals surface area contributed by atoms with Gasteiger partial charge in [-0.15, -0.1) is 0 Å². The molecule has 29 heavy (non-hydrogen) atoms. The number of ether oxygens (including phenoxy) is 3. The maximum absolute atomic E-state index is 13.1. The molecule has 1 fully saturated rings. The first-order valence-corrected chi connectivity index (χ1v) is 9.95. The highest BCUT2D eigenvalue weighted by molar-refractivity contribution is 9.10. The van der Waals surface area contributed by atoms with Crippen molar-refractivity contribution < 1.29 is 23.8 Å². The van der Waals surface area contributed by atoms with Crippen LogP contribution in [0.4, 0.5) is 0 Å². The minimum Gasteiger partial charge on any atom is -0.454 e. The number of amides is 2. The van der Waals surface area contributed by atoms with E-state index in [1.807, 2.05) is 12.1 Å². The maximum Gasteiger partial charge on any atom is 0.270 e. The van der Waals surface area contributed by atoms with Crippen LogP contribution < -0.4 is 14.8 Å². The molecule has 0 saturated carbocycles. The molecule has 2 aliphatic rings. The van der Waals surface area contributed by atoms with Gasteiger partial charge in [0.1, 0.15) is 5.70 Å². The summed E-state index contributed by atoms with van der Waals surface area (Å²) in [5.41, 5.74) is 1.35. The minimum absolute atomic E-state index is 0.167. The van der Waals surface area contributed by atoms with Crippen LogP contribution in [0.25, 0.3) is 6.08 Å². The van der Waals surface area contributed by atoms with E-state index in [-0.39, 0.29) is 24.3 Å². The van der Waals surface area contributed by atoms with E-state index >= 15 is 0 Å². The van der Waals surface area contributed by atoms with Gasteiger partial charge in [-0.1, -0.05) is 18.2 Å². The summed E-state index contributed by atoms with van der Waals surface area (Å²) in [6, 6.07) is 12.4. The van der Waals surface area contributed by atoms with Crippen molar-refractivity contribution in [1.82, 2.24) is 10.2 Å². The Balaban J connectivity index is 1.64. The van der Waals surface area contributed by atoms with E-state index in [0.717, 1.165) is 5.56 Å². The highest BCUT2D eigenvalue weighted by Crippen LogP contribution is 2.33. The zero-order valence-corrected chi connectivity index (χ0v) is 17.1. The number of carbonyl (C=O) groups is 2. The summed E-state index contributed by atoms with van der Waals surface area (Å²) in [6.07, 6.45) is 1.65. The fourth-order valence-corrected chi connectivity index (χ4v) is 3.56. The predicted molar refractivity (Wildman–Crippen MR) is 110 cm³/mol. The highest BCUT2D eigenvalue weighted by Gasteiger charge is 2.23. The van der Waals surface area contributed by atoms with E-state index in [0.29, 0.717) is 47.8 Å². The largest absolute Gasteiger partial charge is 0.454 e. The fraction of sp³-hybridized carbons (Fsp3) is 0.238. The van der Waals surface area contributed by atoms with E-state index in [9.17, 15) is 9.59 Å². The number of morpholine rings is 1. The average Bonchev–Trinajstić information content (AvgIpc) is 3.21. The summed E-state index contributed by atoms with van der Waals surface area (Å²) in [5, 5.41) is 2.78. The zero-order valence-electron chi connectivity index (χ0n) is 15.5. The lowest BCUT2D eigenvalue weighted by atomic mass is 10.1. The topological polar surface area (TPSA) is 77.1 Å².